The molecule has 0 fully saturated rings. The van der Waals surface area contributed by atoms with Crippen molar-refractivity contribution in [3.8, 4) is 0 Å². The first-order valence-electron chi connectivity index (χ1n) is 6.72. The van der Waals surface area contributed by atoms with Gasteiger partial charge in [0.15, 0.2) is 0 Å². The van der Waals surface area contributed by atoms with Gasteiger partial charge < -0.3 is 8.98 Å². The van der Waals surface area contributed by atoms with E-state index in [9.17, 15) is 4.39 Å². The second-order valence-electron chi connectivity index (χ2n) is 4.94. The summed E-state index contributed by atoms with van der Waals surface area (Å²) in [5.41, 5.74) is 2.33. The van der Waals surface area contributed by atoms with Crippen LogP contribution in [0.15, 0.2) is 22.6 Å². The highest BCUT2D eigenvalue weighted by Gasteiger charge is 2.14. The first-order chi connectivity index (χ1) is 10.1. The number of benzene rings is 1. The number of halogens is 2. The molecule has 2 heterocycles. The van der Waals surface area contributed by atoms with Crippen molar-refractivity contribution in [3.63, 3.8) is 0 Å². The molecule has 0 spiro atoms. The molecule has 2 aromatic heterocycles. The minimum atomic E-state index is -0.291. The Morgan fingerprint density at radius 1 is 1.29 bits per heavy atom. The van der Waals surface area contributed by atoms with E-state index in [0.717, 1.165) is 28.3 Å². The van der Waals surface area contributed by atoms with E-state index in [4.69, 9.17) is 16.0 Å². The van der Waals surface area contributed by atoms with Crippen molar-refractivity contribution in [2.24, 2.45) is 0 Å². The molecule has 0 saturated heterocycles. The van der Waals surface area contributed by atoms with E-state index >= 15 is 0 Å². The number of aryl methyl sites for hydroxylation is 3. The van der Waals surface area contributed by atoms with Crippen LogP contribution < -0.4 is 0 Å². The number of hydrogen-bond donors (Lipinski definition) is 0. The summed E-state index contributed by atoms with van der Waals surface area (Å²) in [4.78, 5) is 8.88. The van der Waals surface area contributed by atoms with Gasteiger partial charge in [-0.1, -0.05) is 0 Å². The molecule has 1 aromatic carbocycles. The fourth-order valence-electron chi connectivity index (χ4n) is 2.34. The van der Waals surface area contributed by atoms with Crippen molar-refractivity contribution in [2.45, 2.75) is 26.8 Å². The largest absolute Gasteiger partial charge is 0.444 e. The van der Waals surface area contributed by atoms with E-state index in [1.54, 1.807) is 6.07 Å². The molecule has 0 unspecified atom stereocenters. The summed E-state index contributed by atoms with van der Waals surface area (Å²) in [6.45, 7) is 4.19. The zero-order valence-corrected chi connectivity index (χ0v) is 12.6. The average Bonchev–Trinajstić information content (AvgIpc) is 2.93. The molecule has 3 aromatic rings. The Bertz CT molecular complexity index is 774. The zero-order chi connectivity index (χ0) is 15.0. The van der Waals surface area contributed by atoms with E-state index in [2.05, 4.69) is 9.97 Å². The Morgan fingerprint density at radius 3 is 2.76 bits per heavy atom. The van der Waals surface area contributed by atoms with E-state index in [1.807, 2.05) is 18.4 Å². The lowest BCUT2D eigenvalue weighted by Crippen LogP contribution is -2.06. The molecule has 0 aliphatic heterocycles. The van der Waals surface area contributed by atoms with E-state index < -0.39 is 0 Å². The second-order valence-corrected chi connectivity index (χ2v) is 5.31. The smallest absolute Gasteiger partial charge is 0.214 e. The first-order valence-corrected chi connectivity index (χ1v) is 7.25. The van der Waals surface area contributed by atoms with Gasteiger partial charge in [0.05, 0.1) is 16.7 Å². The average molecular weight is 308 g/mol. The Morgan fingerprint density at radius 2 is 2.10 bits per heavy atom. The highest BCUT2D eigenvalue weighted by atomic mass is 35.5. The lowest BCUT2D eigenvalue weighted by molar-refractivity contribution is 0.456. The van der Waals surface area contributed by atoms with Crippen LogP contribution in [-0.4, -0.2) is 20.4 Å². The summed E-state index contributed by atoms with van der Waals surface area (Å²) >= 11 is 5.83. The Hall–Kier alpha value is -1.88. The lowest BCUT2D eigenvalue weighted by Gasteiger charge is -2.05. The van der Waals surface area contributed by atoms with Gasteiger partial charge in [-0.2, -0.15) is 0 Å². The lowest BCUT2D eigenvalue weighted by atomic mass is 10.3. The van der Waals surface area contributed by atoms with Crippen LogP contribution in [0.2, 0.25) is 0 Å². The monoisotopic (exact) mass is 307 g/mol. The highest BCUT2D eigenvalue weighted by Crippen LogP contribution is 2.20. The molecule has 0 N–H and O–H groups in total. The van der Waals surface area contributed by atoms with Gasteiger partial charge in [0.25, 0.3) is 0 Å². The summed E-state index contributed by atoms with van der Waals surface area (Å²) in [5.74, 6) is 2.35. The zero-order valence-electron chi connectivity index (χ0n) is 11.9. The number of alkyl halides is 1. The maximum Gasteiger partial charge on any atom is 0.214 e. The van der Waals surface area contributed by atoms with Crippen molar-refractivity contribution >= 4 is 22.6 Å². The number of imidazole rings is 1. The third-order valence-corrected chi connectivity index (χ3v) is 3.66. The highest BCUT2D eigenvalue weighted by molar-refractivity contribution is 6.17. The van der Waals surface area contributed by atoms with Gasteiger partial charge in [-0.3, -0.25) is 0 Å². The molecule has 0 saturated carbocycles. The SMILES string of the molecule is Cc1nc(Cn2c(CCCl)nc3ccc(F)cc32)oc1C. The molecule has 110 valence electrons. The van der Waals surface area contributed by atoms with Gasteiger partial charge in [0.2, 0.25) is 5.89 Å². The topological polar surface area (TPSA) is 43.9 Å². The number of oxazole rings is 1. The number of hydrogen-bond acceptors (Lipinski definition) is 3. The van der Waals surface area contributed by atoms with Crippen molar-refractivity contribution in [2.75, 3.05) is 5.88 Å². The molecule has 0 aliphatic rings. The van der Waals surface area contributed by atoms with E-state index in [-0.39, 0.29) is 5.82 Å². The fourth-order valence-corrected chi connectivity index (χ4v) is 2.51. The molecule has 0 atom stereocenters. The van der Waals surface area contributed by atoms with Gasteiger partial charge >= 0.3 is 0 Å². The third kappa shape index (κ3) is 2.65. The predicted molar refractivity (Wildman–Crippen MR) is 79.2 cm³/mol. The van der Waals surface area contributed by atoms with Crippen molar-refractivity contribution < 1.29 is 8.81 Å². The summed E-state index contributed by atoms with van der Waals surface area (Å²) < 4.78 is 21.0. The van der Waals surface area contributed by atoms with Crippen molar-refractivity contribution in [1.82, 2.24) is 14.5 Å². The molecule has 21 heavy (non-hydrogen) atoms. The van der Waals surface area contributed by atoms with Crippen LogP contribution in [0.1, 0.15) is 23.2 Å². The standard InChI is InChI=1S/C15H15ClFN3O/c1-9-10(2)21-15(18-9)8-20-13-7-11(17)3-4-12(13)19-14(20)5-6-16/h3-4,7H,5-6,8H2,1-2H3. The molecule has 6 heteroatoms. The Balaban J connectivity index is 2.09. The minimum absolute atomic E-state index is 0.291. The summed E-state index contributed by atoms with van der Waals surface area (Å²) in [6.07, 6.45) is 0.608. The molecule has 0 amide bonds. The third-order valence-electron chi connectivity index (χ3n) is 3.47. The Kier molecular flexibility index (Phi) is 3.68. The number of nitrogens with zero attached hydrogens (tertiary/aromatic N) is 3. The first kappa shape index (κ1) is 14.1. The summed E-state index contributed by atoms with van der Waals surface area (Å²) in [6, 6.07) is 4.55. The number of aromatic nitrogens is 3. The molecule has 0 aliphatic carbocycles. The predicted octanol–water partition coefficient (Wildman–Crippen LogP) is 3.61. The maximum absolute atomic E-state index is 13.5. The number of rotatable bonds is 4. The normalized spacial score (nSPS) is 11.4. The quantitative estimate of drug-likeness (QED) is 0.692. The van der Waals surface area contributed by atoms with Crippen LogP contribution >= 0.6 is 11.6 Å². The van der Waals surface area contributed by atoms with Crippen molar-refractivity contribution in [1.29, 1.82) is 0 Å². The van der Waals surface area contributed by atoms with Gasteiger partial charge in [-0.15, -0.1) is 11.6 Å². The summed E-state index contributed by atoms with van der Waals surface area (Å²) in [5, 5.41) is 0. The van der Waals surface area contributed by atoms with E-state index in [0.29, 0.717) is 24.7 Å². The maximum atomic E-state index is 13.5. The molecule has 0 radical (unpaired) electrons. The second kappa shape index (κ2) is 5.48. The molecular weight excluding hydrogens is 293 g/mol. The van der Waals surface area contributed by atoms with Gasteiger partial charge in [-0.25, -0.2) is 14.4 Å². The Labute approximate surface area is 126 Å². The van der Waals surface area contributed by atoms with Crippen LogP contribution in [0.25, 0.3) is 11.0 Å². The van der Waals surface area contributed by atoms with Crippen molar-refractivity contribution in [3.05, 3.63) is 47.2 Å². The van der Waals surface area contributed by atoms with Gasteiger partial charge in [0.1, 0.15) is 23.9 Å². The van der Waals surface area contributed by atoms with Gasteiger partial charge in [-0.05, 0) is 32.0 Å². The van der Waals surface area contributed by atoms with Crippen LogP contribution in [0, 0.1) is 19.7 Å². The van der Waals surface area contributed by atoms with Gasteiger partial charge in [0, 0.05) is 12.3 Å². The van der Waals surface area contributed by atoms with Crippen LogP contribution in [0.5, 0.6) is 0 Å². The van der Waals surface area contributed by atoms with E-state index in [1.165, 1.54) is 12.1 Å². The fraction of sp³-hybridized carbons (Fsp3) is 0.333. The molecule has 3 rings (SSSR count). The van der Waals surface area contributed by atoms with Crippen LogP contribution in [0.4, 0.5) is 4.39 Å². The number of fused-ring (bicyclic) bond motifs is 1. The molecular formula is C15H15ClFN3O. The van der Waals surface area contributed by atoms with Crippen LogP contribution in [0.3, 0.4) is 0 Å². The molecule has 4 nitrogen and oxygen atoms in total. The van der Waals surface area contributed by atoms with Crippen LogP contribution in [-0.2, 0) is 13.0 Å². The minimum Gasteiger partial charge on any atom is -0.444 e. The summed E-state index contributed by atoms with van der Waals surface area (Å²) in [7, 11) is 0. The molecule has 0 bridgehead atoms.